The molecule has 2 aromatic carbocycles. The van der Waals surface area contributed by atoms with Crippen LogP contribution in [-0.2, 0) is 6.73 Å². The number of halogens is 6. The Labute approximate surface area is 169 Å². The maximum Gasteiger partial charge on any atom is 0.276 e. The Morgan fingerprint density at radius 1 is 1.14 bits per heavy atom. The highest BCUT2D eigenvalue weighted by atomic mass is 79.9. The van der Waals surface area contributed by atoms with Crippen molar-refractivity contribution in [2.75, 3.05) is 5.32 Å². The van der Waals surface area contributed by atoms with Gasteiger partial charge in [-0.3, -0.25) is 4.79 Å². The molecule has 0 saturated heterocycles. The van der Waals surface area contributed by atoms with E-state index in [2.05, 4.69) is 21.0 Å². The van der Waals surface area contributed by atoms with Gasteiger partial charge >= 0.3 is 0 Å². The topological polar surface area (TPSA) is 56.2 Å². The quantitative estimate of drug-likeness (QED) is 0.408. The van der Waals surface area contributed by atoms with Gasteiger partial charge < -0.3 is 10.1 Å². The molecule has 11 heteroatoms. The van der Waals surface area contributed by atoms with Crippen LogP contribution in [0.4, 0.5) is 23.2 Å². The van der Waals surface area contributed by atoms with Gasteiger partial charge in [-0.25, -0.2) is 22.2 Å². The van der Waals surface area contributed by atoms with E-state index in [1.54, 1.807) is 23.5 Å². The van der Waals surface area contributed by atoms with E-state index in [1.807, 2.05) is 0 Å². The summed E-state index contributed by atoms with van der Waals surface area (Å²) in [6.45, 7) is -0.0924. The molecule has 1 heterocycles. The normalized spacial score (nSPS) is 10.8. The van der Waals surface area contributed by atoms with Gasteiger partial charge in [0.2, 0.25) is 0 Å². The minimum Gasteiger partial charge on any atom is -0.470 e. The first-order chi connectivity index (χ1) is 13.3. The molecule has 3 aromatic rings. The molecule has 0 spiro atoms. The average Bonchev–Trinajstić information content (AvgIpc) is 3.12. The molecule has 0 bridgehead atoms. The lowest BCUT2D eigenvalue weighted by Crippen LogP contribution is -2.17. The van der Waals surface area contributed by atoms with Crippen LogP contribution in [-0.4, -0.2) is 15.7 Å². The first-order valence-electron chi connectivity index (χ1n) is 7.52. The summed E-state index contributed by atoms with van der Waals surface area (Å²) >= 11 is 9.11. The number of carbonyl (C=O) groups is 1. The summed E-state index contributed by atoms with van der Waals surface area (Å²) in [5, 5.41) is 6.15. The van der Waals surface area contributed by atoms with Crippen LogP contribution in [0.1, 0.15) is 10.5 Å². The summed E-state index contributed by atoms with van der Waals surface area (Å²) in [4.78, 5) is 12.1. The molecule has 0 radical (unpaired) electrons. The second-order valence-corrected chi connectivity index (χ2v) is 6.68. The third kappa shape index (κ3) is 4.28. The Morgan fingerprint density at radius 2 is 1.82 bits per heavy atom. The van der Waals surface area contributed by atoms with Crippen LogP contribution in [0.15, 0.2) is 41.0 Å². The SMILES string of the molecule is O=C(Nc1c(F)c(F)cc(F)c1F)c1ccn(COc2ccc(Cl)cc2Br)n1. The number of hydrogen-bond donors (Lipinski definition) is 1. The number of rotatable bonds is 5. The smallest absolute Gasteiger partial charge is 0.276 e. The molecule has 0 unspecified atom stereocenters. The zero-order chi connectivity index (χ0) is 20.4. The predicted molar refractivity (Wildman–Crippen MR) is 96.2 cm³/mol. The monoisotopic (exact) mass is 477 g/mol. The molecule has 3 rings (SSSR count). The van der Waals surface area contributed by atoms with Gasteiger partial charge in [0, 0.05) is 17.3 Å². The Hall–Kier alpha value is -2.59. The number of anilines is 1. The van der Waals surface area contributed by atoms with Gasteiger partial charge in [-0.05, 0) is 40.2 Å². The second kappa shape index (κ2) is 8.19. The average molecular weight is 479 g/mol. The number of carbonyl (C=O) groups excluding carboxylic acids is 1. The fourth-order valence-electron chi connectivity index (χ4n) is 2.14. The zero-order valence-electron chi connectivity index (χ0n) is 13.6. The summed E-state index contributed by atoms with van der Waals surface area (Å²) in [6, 6.07) is 6.14. The van der Waals surface area contributed by atoms with E-state index in [4.69, 9.17) is 16.3 Å². The van der Waals surface area contributed by atoms with Crippen molar-refractivity contribution in [3.05, 3.63) is 75.0 Å². The molecule has 0 atom stereocenters. The van der Waals surface area contributed by atoms with Crippen LogP contribution in [0.2, 0.25) is 5.02 Å². The highest BCUT2D eigenvalue weighted by Gasteiger charge is 2.22. The van der Waals surface area contributed by atoms with Crippen LogP contribution >= 0.6 is 27.5 Å². The maximum atomic E-state index is 13.6. The molecule has 28 heavy (non-hydrogen) atoms. The molecule has 146 valence electrons. The van der Waals surface area contributed by atoms with Gasteiger partial charge in [0.05, 0.1) is 4.47 Å². The number of amides is 1. The number of hydrogen-bond acceptors (Lipinski definition) is 3. The van der Waals surface area contributed by atoms with E-state index in [0.717, 1.165) is 0 Å². The van der Waals surface area contributed by atoms with Gasteiger partial charge in [0.1, 0.15) is 11.4 Å². The third-order valence-electron chi connectivity index (χ3n) is 3.47. The van der Waals surface area contributed by atoms with Crippen LogP contribution < -0.4 is 10.1 Å². The van der Waals surface area contributed by atoms with E-state index in [0.29, 0.717) is 15.2 Å². The number of aromatic nitrogens is 2. The molecule has 0 aliphatic heterocycles. The van der Waals surface area contributed by atoms with Crippen LogP contribution in [0.25, 0.3) is 0 Å². The summed E-state index contributed by atoms with van der Waals surface area (Å²) in [6.07, 6.45) is 1.37. The van der Waals surface area contributed by atoms with Crippen molar-refractivity contribution >= 4 is 39.1 Å². The van der Waals surface area contributed by atoms with Crippen molar-refractivity contribution in [3.63, 3.8) is 0 Å². The van der Waals surface area contributed by atoms with Gasteiger partial charge in [-0.15, -0.1) is 0 Å². The van der Waals surface area contributed by atoms with Crippen molar-refractivity contribution in [2.45, 2.75) is 6.73 Å². The van der Waals surface area contributed by atoms with Crippen molar-refractivity contribution in [1.82, 2.24) is 9.78 Å². The minimum atomic E-state index is -1.72. The van der Waals surface area contributed by atoms with E-state index >= 15 is 0 Å². The second-order valence-electron chi connectivity index (χ2n) is 5.39. The minimum absolute atomic E-state index is 0.0429. The molecule has 0 aliphatic carbocycles. The predicted octanol–water partition coefficient (Wildman–Crippen LogP) is 5.14. The fourth-order valence-corrected chi connectivity index (χ4v) is 2.94. The van der Waals surface area contributed by atoms with Gasteiger partial charge in [-0.1, -0.05) is 11.6 Å². The van der Waals surface area contributed by atoms with E-state index in [-0.39, 0.29) is 18.5 Å². The summed E-state index contributed by atoms with van der Waals surface area (Å²) in [5.41, 5.74) is -1.49. The number of benzene rings is 2. The van der Waals surface area contributed by atoms with Crippen molar-refractivity contribution in [3.8, 4) is 5.75 Å². The third-order valence-corrected chi connectivity index (χ3v) is 4.32. The standard InChI is InChI=1S/C17H9BrClF4N3O2/c18-9-5-8(19)1-2-13(9)28-7-26-4-3-12(25-26)17(27)24-16-14(22)10(20)6-11(21)15(16)23/h1-6H,7H2,(H,24,27). The van der Waals surface area contributed by atoms with E-state index in [9.17, 15) is 22.4 Å². The molecular formula is C17H9BrClF4N3O2. The zero-order valence-corrected chi connectivity index (χ0v) is 16.0. The lowest BCUT2D eigenvalue weighted by atomic mass is 10.2. The molecular weight excluding hydrogens is 470 g/mol. The Morgan fingerprint density at radius 3 is 2.46 bits per heavy atom. The molecule has 0 saturated carbocycles. The Kier molecular flexibility index (Phi) is 5.90. The molecule has 0 aliphatic rings. The van der Waals surface area contributed by atoms with Gasteiger partial charge in [-0.2, -0.15) is 5.10 Å². The highest BCUT2D eigenvalue weighted by Crippen LogP contribution is 2.28. The van der Waals surface area contributed by atoms with Gasteiger partial charge in [0.25, 0.3) is 5.91 Å². The summed E-state index contributed by atoms with van der Waals surface area (Å²) in [5.74, 6) is -7.31. The first kappa shape index (κ1) is 20.2. The molecule has 1 aromatic heterocycles. The first-order valence-corrected chi connectivity index (χ1v) is 8.69. The largest absolute Gasteiger partial charge is 0.470 e. The lowest BCUT2D eigenvalue weighted by molar-refractivity contribution is 0.101. The van der Waals surface area contributed by atoms with Crippen molar-refractivity contribution in [2.24, 2.45) is 0 Å². The highest BCUT2D eigenvalue weighted by molar-refractivity contribution is 9.10. The molecule has 5 nitrogen and oxygen atoms in total. The molecule has 1 amide bonds. The van der Waals surface area contributed by atoms with Crippen LogP contribution in [0.5, 0.6) is 5.75 Å². The maximum absolute atomic E-state index is 13.6. The molecule has 0 fully saturated rings. The van der Waals surface area contributed by atoms with E-state index in [1.165, 1.54) is 16.9 Å². The van der Waals surface area contributed by atoms with Crippen molar-refractivity contribution < 1.29 is 27.1 Å². The lowest BCUT2D eigenvalue weighted by Gasteiger charge is -2.09. The van der Waals surface area contributed by atoms with Crippen LogP contribution in [0.3, 0.4) is 0 Å². The summed E-state index contributed by atoms with van der Waals surface area (Å²) in [7, 11) is 0. The van der Waals surface area contributed by atoms with Crippen molar-refractivity contribution in [1.29, 1.82) is 0 Å². The molecule has 1 N–H and O–H groups in total. The number of nitrogens with one attached hydrogen (secondary N) is 1. The Bertz CT molecular complexity index is 1030. The fraction of sp³-hybridized carbons (Fsp3) is 0.0588. The summed E-state index contributed by atoms with van der Waals surface area (Å²) < 4.78 is 61.0. The van der Waals surface area contributed by atoms with E-state index < -0.39 is 34.9 Å². The Balaban J connectivity index is 1.71. The number of nitrogens with zero attached hydrogens (tertiary/aromatic N) is 2. The van der Waals surface area contributed by atoms with Gasteiger partial charge in [0.15, 0.2) is 35.7 Å². The number of ether oxygens (including phenoxy) is 1. The van der Waals surface area contributed by atoms with Crippen LogP contribution in [0, 0.1) is 23.3 Å².